The maximum atomic E-state index is 11.2. The first kappa shape index (κ1) is 35.6. The van der Waals surface area contributed by atoms with E-state index < -0.39 is 0 Å². The van der Waals surface area contributed by atoms with Crippen LogP contribution in [0.1, 0.15) is 99.0 Å². The van der Waals surface area contributed by atoms with E-state index in [-0.39, 0.29) is 11.9 Å². The van der Waals surface area contributed by atoms with Gasteiger partial charge < -0.3 is 14.8 Å². The Kier molecular flexibility index (Phi) is 24.6. The van der Waals surface area contributed by atoms with Crippen LogP contribution in [0.25, 0.3) is 0 Å². The van der Waals surface area contributed by atoms with Crippen molar-refractivity contribution < 1.29 is 14.3 Å². The number of methoxy groups -OCH3 is 1. The Morgan fingerprint density at radius 1 is 1.03 bits per heavy atom. The number of aryl methyl sites for hydroxylation is 1. The molecule has 0 saturated carbocycles. The first-order chi connectivity index (χ1) is 16.8. The van der Waals surface area contributed by atoms with Crippen molar-refractivity contribution >= 4 is 12.1 Å². The number of rotatable bonds is 17. The van der Waals surface area contributed by atoms with E-state index >= 15 is 0 Å². The highest BCUT2D eigenvalue weighted by Gasteiger charge is 2.31. The van der Waals surface area contributed by atoms with Crippen LogP contribution in [0.2, 0.25) is 0 Å². The van der Waals surface area contributed by atoms with Crippen LogP contribution in [0.4, 0.5) is 0 Å². The Bertz CT molecular complexity index is 603. The molecule has 1 rings (SSSR count). The van der Waals surface area contributed by atoms with Gasteiger partial charge >= 0.3 is 0 Å². The lowest BCUT2D eigenvalue weighted by Crippen LogP contribution is -2.35. The lowest BCUT2D eigenvalue weighted by atomic mass is 9.75. The molecule has 4 nitrogen and oxygen atoms in total. The highest BCUT2D eigenvalue weighted by atomic mass is 16.5. The van der Waals surface area contributed by atoms with Gasteiger partial charge in [-0.2, -0.15) is 0 Å². The second kappa shape index (κ2) is 24.2. The van der Waals surface area contributed by atoms with E-state index in [1.165, 1.54) is 24.8 Å². The van der Waals surface area contributed by atoms with Crippen LogP contribution >= 0.6 is 0 Å². The number of Topliss-reactive ketones (excluding diaryl/α,β-unsaturated/α-hetero) is 1. The molecule has 0 aliphatic carbocycles. The number of aldehydes is 1. The molecule has 0 amide bonds. The minimum atomic E-state index is 0.270. The predicted molar refractivity (Wildman–Crippen MR) is 152 cm³/mol. The van der Waals surface area contributed by atoms with Crippen molar-refractivity contribution in [3.63, 3.8) is 0 Å². The molecule has 4 atom stereocenters. The number of likely N-dealkylation sites (N-methyl/N-ethyl adjacent to an activating group) is 1. The fourth-order valence-electron chi connectivity index (χ4n) is 4.67. The minimum Gasteiger partial charge on any atom is -0.381 e. The topological polar surface area (TPSA) is 55.4 Å². The number of nitrogens with one attached hydrogen (secondary N) is 1. The van der Waals surface area contributed by atoms with Crippen molar-refractivity contribution in [1.82, 2.24) is 5.32 Å². The maximum absolute atomic E-state index is 11.2. The fraction of sp³-hybridized carbons (Fsp3) is 0.742. The summed E-state index contributed by atoms with van der Waals surface area (Å²) >= 11 is 0. The second-order valence-corrected chi connectivity index (χ2v) is 9.73. The third-order valence-corrected chi connectivity index (χ3v) is 6.50. The van der Waals surface area contributed by atoms with Crippen LogP contribution in [0, 0.1) is 23.7 Å². The van der Waals surface area contributed by atoms with Gasteiger partial charge in [0.2, 0.25) is 0 Å². The highest BCUT2D eigenvalue weighted by Crippen LogP contribution is 2.33. The summed E-state index contributed by atoms with van der Waals surface area (Å²) < 4.78 is 5.84. The van der Waals surface area contributed by atoms with Crippen LogP contribution < -0.4 is 5.32 Å². The lowest BCUT2D eigenvalue weighted by Gasteiger charge is -2.35. The van der Waals surface area contributed by atoms with Crippen molar-refractivity contribution in [2.75, 3.05) is 20.7 Å². The largest absolute Gasteiger partial charge is 0.381 e. The van der Waals surface area contributed by atoms with E-state index in [0.29, 0.717) is 43.1 Å². The average molecular weight is 492 g/mol. The molecule has 204 valence electrons. The molecule has 0 bridgehead atoms. The number of hydrogen-bond donors (Lipinski definition) is 1. The molecule has 0 spiro atoms. The molecule has 0 aliphatic rings. The molecule has 0 fully saturated rings. The van der Waals surface area contributed by atoms with Crippen molar-refractivity contribution in [3.05, 3.63) is 35.9 Å². The summed E-state index contributed by atoms with van der Waals surface area (Å²) in [5.74, 6) is 2.53. The SMILES string of the molecule is CC.CCCC(C)C(OC)[C@@H](CC)C(CC=O)CCC(C)C.CNCC(=O)CCc1ccccc1. The molecular weight excluding hydrogens is 434 g/mol. The molecule has 0 heterocycles. The molecule has 35 heavy (non-hydrogen) atoms. The summed E-state index contributed by atoms with van der Waals surface area (Å²) in [6.07, 6.45) is 9.40. The van der Waals surface area contributed by atoms with Gasteiger partial charge in [-0.05, 0) is 55.5 Å². The summed E-state index contributed by atoms with van der Waals surface area (Å²) in [7, 11) is 3.63. The average Bonchev–Trinajstić information content (AvgIpc) is 2.86. The summed E-state index contributed by atoms with van der Waals surface area (Å²) in [5, 5.41) is 2.85. The van der Waals surface area contributed by atoms with Crippen LogP contribution in [0.3, 0.4) is 0 Å². The van der Waals surface area contributed by atoms with Crippen molar-refractivity contribution in [3.8, 4) is 0 Å². The van der Waals surface area contributed by atoms with Gasteiger partial charge in [0.05, 0.1) is 12.6 Å². The van der Waals surface area contributed by atoms with Gasteiger partial charge in [0, 0.05) is 20.0 Å². The smallest absolute Gasteiger partial charge is 0.146 e. The molecule has 0 radical (unpaired) electrons. The molecule has 1 N–H and O–H groups in total. The summed E-state index contributed by atoms with van der Waals surface area (Å²) in [5.41, 5.74) is 1.23. The van der Waals surface area contributed by atoms with Crippen LogP contribution in [0.5, 0.6) is 0 Å². The standard InChI is InChI=1S/C18H36O2.C11H15NO.C2H6/c1-7-9-15(5)18(20-6)17(8-2)16(12-13-19)11-10-14(3)4;1-12-9-11(13)8-7-10-5-3-2-4-6-10;1-2/h13-18H,7-12H2,1-6H3;2-6,12H,7-9H2,1H3;1-2H3/t15?,16?,17-,18?;;/m0../s1. The summed E-state index contributed by atoms with van der Waals surface area (Å²) in [6, 6.07) is 10.1. The van der Waals surface area contributed by atoms with E-state index in [2.05, 4.69) is 39.9 Å². The van der Waals surface area contributed by atoms with Gasteiger partial charge in [-0.15, -0.1) is 0 Å². The number of carbonyl (C=O) groups excluding carboxylic acids is 2. The van der Waals surface area contributed by atoms with Gasteiger partial charge in [-0.25, -0.2) is 0 Å². The molecule has 3 unspecified atom stereocenters. The van der Waals surface area contributed by atoms with Gasteiger partial charge in [0.25, 0.3) is 0 Å². The molecule has 1 aromatic rings. The van der Waals surface area contributed by atoms with Gasteiger partial charge in [0.15, 0.2) is 0 Å². The Morgan fingerprint density at radius 2 is 1.66 bits per heavy atom. The number of ether oxygens (including phenoxy) is 1. The van der Waals surface area contributed by atoms with Crippen LogP contribution in [0.15, 0.2) is 30.3 Å². The number of ketones is 1. The number of carbonyl (C=O) groups is 2. The fourth-order valence-corrected chi connectivity index (χ4v) is 4.67. The Labute approximate surface area is 218 Å². The third kappa shape index (κ3) is 17.5. The molecule has 0 aromatic heterocycles. The number of benzene rings is 1. The lowest BCUT2D eigenvalue weighted by molar-refractivity contribution is -0.118. The Balaban J connectivity index is 0. The van der Waals surface area contributed by atoms with E-state index in [4.69, 9.17) is 4.74 Å². The van der Waals surface area contributed by atoms with Crippen molar-refractivity contribution in [1.29, 1.82) is 0 Å². The third-order valence-electron chi connectivity index (χ3n) is 6.50. The zero-order valence-corrected chi connectivity index (χ0v) is 24.4. The Morgan fingerprint density at radius 3 is 2.11 bits per heavy atom. The summed E-state index contributed by atoms with van der Waals surface area (Å²) in [4.78, 5) is 22.2. The maximum Gasteiger partial charge on any atom is 0.146 e. The second-order valence-electron chi connectivity index (χ2n) is 9.73. The van der Waals surface area contributed by atoms with Gasteiger partial charge in [-0.3, -0.25) is 4.79 Å². The minimum absolute atomic E-state index is 0.270. The van der Waals surface area contributed by atoms with E-state index in [1.54, 1.807) is 7.05 Å². The highest BCUT2D eigenvalue weighted by molar-refractivity contribution is 5.80. The predicted octanol–water partition coefficient (Wildman–Crippen LogP) is 7.54. The van der Waals surface area contributed by atoms with E-state index in [0.717, 1.165) is 25.5 Å². The molecule has 4 heteroatoms. The van der Waals surface area contributed by atoms with Crippen molar-refractivity contribution in [2.24, 2.45) is 23.7 Å². The Hall–Kier alpha value is -1.52. The van der Waals surface area contributed by atoms with Crippen molar-refractivity contribution in [2.45, 2.75) is 106 Å². The number of hydrogen-bond acceptors (Lipinski definition) is 4. The van der Waals surface area contributed by atoms with Gasteiger partial charge in [0.1, 0.15) is 12.1 Å². The quantitative estimate of drug-likeness (QED) is 0.229. The zero-order chi connectivity index (χ0) is 27.1. The van der Waals surface area contributed by atoms with E-state index in [9.17, 15) is 9.59 Å². The summed E-state index contributed by atoms with van der Waals surface area (Å²) in [6.45, 7) is 15.8. The first-order valence-corrected chi connectivity index (χ1v) is 14.0. The molecular formula is C31H57NO3. The van der Waals surface area contributed by atoms with Crippen LogP contribution in [-0.2, 0) is 20.7 Å². The van der Waals surface area contributed by atoms with Crippen LogP contribution in [-0.4, -0.2) is 38.9 Å². The van der Waals surface area contributed by atoms with Gasteiger partial charge in [-0.1, -0.05) is 98.1 Å². The normalized spacial score (nSPS) is 14.0. The molecule has 1 aromatic carbocycles. The van der Waals surface area contributed by atoms with E-state index in [1.807, 2.05) is 51.3 Å². The first-order valence-electron chi connectivity index (χ1n) is 14.0. The zero-order valence-electron chi connectivity index (χ0n) is 24.4. The monoisotopic (exact) mass is 491 g/mol. The molecule has 0 saturated heterocycles. The molecule has 0 aliphatic heterocycles.